The van der Waals surface area contributed by atoms with Crippen LogP contribution in [0.25, 0.3) is 0 Å². The Bertz CT molecular complexity index is 405. The third-order valence-electron chi connectivity index (χ3n) is 8.81. The molecule has 4 fully saturated rings. The molecule has 0 spiro atoms. The van der Waals surface area contributed by atoms with Gasteiger partial charge in [0.1, 0.15) is 0 Å². The third-order valence-corrected chi connectivity index (χ3v) is 8.81. The van der Waals surface area contributed by atoms with E-state index in [2.05, 4.69) is 13.8 Å². The predicted octanol–water partition coefficient (Wildman–Crippen LogP) is 5.03. The van der Waals surface area contributed by atoms with Crippen LogP contribution in [-0.4, -0.2) is 11.7 Å². The van der Waals surface area contributed by atoms with Gasteiger partial charge in [-0.15, -0.1) is 0 Å². The Kier molecular flexibility index (Phi) is 3.45. The van der Waals surface area contributed by atoms with Crippen molar-refractivity contribution in [2.24, 2.45) is 40.4 Å². The highest BCUT2D eigenvalue weighted by Gasteiger charge is 2.57. The van der Waals surface area contributed by atoms with Crippen LogP contribution in [0.3, 0.4) is 0 Å². The lowest BCUT2D eigenvalue weighted by atomic mass is 9.45. The first-order valence-corrected chi connectivity index (χ1v) is 9.68. The van der Waals surface area contributed by atoms with Crippen LogP contribution < -0.4 is 0 Å². The molecule has 7 atom stereocenters. The fourth-order valence-electron chi connectivity index (χ4n) is 7.51. The lowest BCUT2D eigenvalue weighted by molar-refractivity contribution is -0.114. The second-order valence-corrected chi connectivity index (χ2v) is 9.56. The van der Waals surface area contributed by atoms with Crippen molar-refractivity contribution in [3.8, 4) is 0 Å². The lowest BCUT2D eigenvalue weighted by Crippen LogP contribution is -2.52. The van der Waals surface area contributed by atoms with Gasteiger partial charge in [0.25, 0.3) is 0 Å². The molecular weight excluding hydrogens is 256 g/mol. The molecule has 0 aromatic carbocycles. The summed E-state index contributed by atoms with van der Waals surface area (Å²) in [5.74, 6) is 4.62. The van der Waals surface area contributed by atoms with Gasteiger partial charge in [-0.2, -0.15) is 0 Å². The molecule has 3 unspecified atom stereocenters. The van der Waals surface area contributed by atoms with E-state index in [9.17, 15) is 5.11 Å². The average molecular weight is 290 g/mol. The zero-order valence-electron chi connectivity index (χ0n) is 14.1. The number of fused-ring (bicyclic) bond motifs is 5. The van der Waals surface area contributed by atoms with Gasteiger partial charge < -0.3 is 5.11 Å². The van der Waals surface area contributed by atoms with Crippen LogP contribution in [0.15, 0.2) is 0 Å². The van der Waals surface area contributed by atoms with E-state index in [4.69, 9.17) is 0 Å². The monoisotopic (exact) mass is 290 g/mol. The van der Waals surface area contributed by atoms with E-state index in [-0.39, 0.29) is 0 Å². The molecule has 0 amide bonds. The summed E-state index contributed by atoms with van der Waals surface area (Å²) < 4.78 is 0. The maximum atomic E-state index is 9.55. The van der Waals surface area contributed by atoms with Crippen LogP contribution in [0.2, 0.25) is 0 Å². The Morgan fingerprint density at radius 3 is 2.57 bits per heavy atom. The summed E-state index contributed by atoms with van der Waals surface area (Å²) in [6.45, 7) is 5.68. The first-order chi connectivity index (χ1) is 10.1. The number of hydrogen-bond acceptors (Lipinski definition) is 1. The molecule has 0 radical (unpaired) electrons. The van der Waals surface area contributed by atoms with Gasteiger partial charge in [0.2, 0.25) is 0 Å². The second-order valence-electron chi connectivity index (χ2n) is 9.56. The van der Waals surface area contributed by atoms with E-state index < -0.39 is 0 Å². The molecule has 4 saturated carbocycles. The number of hydrogen-bond donors (Lipinski definition) is 1. The van der Waals surface area contributed by atoms with Crippen molar-refractivity contribution in [1.82, 2.24) is 0 Å². The van der Waals surface area contributed by atoms with E-state index in [1.807, 2.05) is 0 Å². The average Bonchev–Trinajstić information content (AvgIpc) is 2.88. The van der Waals surface area contributed by atoms with E-state index in [1.165, 1.54) is 64.2 Å². The summed E-state index contributed by atoms with van der Waals surface area (Å²) in [4.78, 5) is 0. The van der Waals surface area contributed by atoms with Gasteiger partial charge in [0.05, 0.1) is 0 Å². The Morgan fingerprint density at radius 2 is 1.76 bits per heavy atom. The maximum Gasteiger partial charge on any atom is 0.0459 e. The standard InChI is InChI=1S/C20H34O/c1-19-9-3-4-17(19)16-6-5-15-12-14(13-21)7-11-20(15,2)18(16)8-10-19/h14-18,21H,3-13H2,1-2H3/t14-,15?,16-,17?,18?,19-,20-/m0/s1. The Hall–Kier alpha value is -0.0400. The molecule has 1 nitrogen and oxygen atoms in total. The molecule has 1 N–H and O–H groups in total. The maximum absolute atomic E-state index is 9.55. The van der Waals surface area contributed by atoms with E-state index >= 15 is 0 Å². The summed E-state index contributed by atoms with van der Waals surface area (Å²) in [6, 6.07) is 0. The van der Waals surface area contributed by atoms with Gasteiger partial charge in [-0.3, -0.25) is 0 Å². The van der Waals surface area contributed by atoms with Crippen molar-refractivity contribution in [1.29, 1.82) is 0 Å². The van der Waals surface area contributed by atoms with Crippen LogP contribution in [0.1, 0.15) is 78.1 Å². The van der Waals surface area contributed by atoms with Crippen molar-refractivity contribution in [3.63, 3.8) is 0 Å². The first kappa shape index (κ1) is 14.5. The van der Waals surface area contributed by atoms with Gasteiger partial charge >= 0.3 is 0 Å². The van der Waals surface area contributed by atoms with Crippen molar-refractivity contribution in [2.45, 2.75) is 78.1 Å². The highest BCUT2D eigenvalue weighted by atomic mass is 16.3. The minimum absolute atomic E-state index is 0.432. The number of aliphatic hydroxyl groups excluding tert-OH is 1. The van der Waals surface area contributed by atoms with Crippen molar-refractivity contribution >= 4 is 0 Å². The molecule has 0 aliphatic heterocycles. The molecule has 4 aliphatic carbocycles. The van der Waals surface area contributed by atoms with Crippen LogP contribution in [0, 0.1) is 40.4 Å². The van der Waals surface area contributed by atoms with Gasteiger partial charge in [-0.05, 0) is 98.2 Å². The van der Waals surface area contributed by atoms with E-state index in [0.29, 0.717) is 23.4 Å². The van der Waals surface area contributed by atoms with Crippen LogP contribution >= 0.6 is 0 Å². The Labute approximate surface area is 130 Å². The zero-order chi connectivity index (χ0) is 14.7. The summed E-state index contributed by atoms with van der Waals surface area (Å²) in [5, 5.41) is 9.55. The predicted molar refractivity (Wildman–Crippen MR) is 86.9 cm³/mol. The zero-order valence-corrected chi connectivity index (χ0v) is 14.1. The highest BCUT2D eigenvalue weighted by Crippen LogP contribution is 2.66. The van der Waals surface area contributed by atoms with E-state index in [1.54, 1.807) is 0 Å². The molecule has 0 aromatic heterocycles. The summed E-state index contributed by atoms with van der Waals surface area (Å²) in [7, 11) is 0. The molecule has 0 heterocycles. The van der Waals surface area contributed by atoms with Crippen molar-refractivity contribution in [2.75, 3.05) is 6.61 Å². The normalized spacial score (nSPS) is 56.4. The molecule has 4 aliphatic rings. The van der Waals surface area contributed by atoms with Crippen LogP contribution in [-0.2, 0) is 0 Å². The molecule has 120 valence electrons. The van der Waals surface area contributed by atoms with Gasteiger partial charge in [-0.25, -0.2) is 0 Å². The number of aliphatic hydroxyl groups is 1. The molecule has 4 rings (SSSR count). The lowest BCUT2D eigenvalue weighted by Gasteiger charge is -2.60. The smallest absolute Gasteiger partial charge is 0.0459 e. The highest BCUT2D eigenvalue weighted by molar-refractivity contribution is 5.07. The van der Waals surface area contributed by atoms with Crippen LogP contribution in [0.5, 0.6) is 0 Å². The SMILES string of the molecule is C[C@@]12CCCC1[C@@H]1CCC3C[C@@H](CO)CC[C@]3(C)C1CC2. The minimum atomic E-state index is 0.432. The molecule has 21 heavy (non-hydrogen) atoms. The topological polar surface area (TPSA) is 20.2 Å². The molecule has 0 bridgehead atoms. The van der Waals surface area contributed by atoms with Gasteiger partial charge in [0.15, 0.2) is 0 Å². The van der Waals surface area contributed by atoms with Crippen molar-refractivity contribution in [3.05, 3.63) is 0 Å². The fraction of sp³-hybridized carbons (Fsp3) is 1.00. The third kappa shape index (κ3) is 2.06. The summed E-state index contributed by atoms with van der Waals surface area (Å²) in [5.41, 5.74) is 1.31. The van der Waals surface area contributed by atoms with E-state index in [0.717, 1.165) is 23.7 Å². The quantitative estimate of drug-likeness (QED) is 0.718. The van der Waals surface area contributed by atoms with Crippen LogP contribution in [0.4, 0.5) is 0 Å². The Balaban J connectivity index is 1.59. The first-order valence-electron chi connectivity index (χ1n) is 9.68. The Morgan fingerprint density at radius 1 is 0.905 bits per heavy atom. The fourth-order valence-corrected chi connectivity index (χ4v) is 7.51. The molecular formula is C20H34O. The van der Waals surface area contributed by atoms with Crippen molar-refractivity contribution < 1.29 is 5.11 Å². The molecule has 0 aromatic rings. The summed E-state index contributed by atoms with van der Waals surface area (Å²) in [6.07, 6.45) is 14.5. The second kappa shape index (κ2) is 4.98. The number of rotatable bonds is 1. The van der Waals surface area contributed by atoms with Gasteiger partial charge in [0, 0.05) is 6.61 Å². The van der Waals surface area contributed by atoms with Gasteiger partial charge in [-0.1, -0.05) is 20.3 Å². The molecule has 0 saturated heterocycles. The largest absolute Gasteiger partial charge is 0.396 e. The summed E-state index contributed by atoms with van der Waals surface area (Å²) >= 11 is 0. The minimum Gasteiger partial charge on any atom is -0.396 e. The molecule has 1 heteroatoms.